The van der Waals surface area contributed by atoms with Crippen LogP contribution < -0.4 is 10.6 Å². The highest BCUT2D eigenvalue weighted by Gasteiger charge is 2.20. The molecule has 0 unspecified atom stereocenters. The summed E-state index contributed by atoms with van der Waals surface area (Å²) in [6.07, 6.45) is 2.51. The smallest absolute Gasteiger partial charge is 0.191 e. The Morgan fingerprint density at radius 3 is 2.65 bits per heavy atom. The molecule has 0 aromatic carbocycles. The van der Waals surface area contributed by atoms with Gasteiger partial charge in [0.1, 0.15) is 0 Å². The zero-order valence-corrected chi connectivity index (χ0v) is 15.9. The summed E-state index contributed by atoms with van der Waals surface area (Å²) in [5.41, 5.74) is 0.0467. The highest BCUT2D eigenvalue weighted by Crippen LogP contribution is 2.20. The second-order valence-electron chi connectivity index (χ2n) is 7.39. The lowest BCUT2D eigenvalue weighted by Gasteiger charge is -2.31. The minimum atomic E-state index is 0.0467. The molecule has 1 aliphatic heterocycles. The summed E-state index contributed by atoms with van der Waals surface area (Å²) in [6.45, 7) is 14.0. The van der Waals surface area contributed by atoms with Crippen molar-refractivity contribution in [3.8, 4) is 0 Å². The van der Waals surface area contributed by atoms with E-state index in [0.29, 0.717) is 5.92 Å². The summed E-state index contributed by atoms with van der Waals surface area (Å²) in [5.74, 6) is 1.66. The first-order valence-electron chi connectivity index (χ1n) is 8.77. The lowest BCUT2D eigenvalue weighted by atomic mass is 9.97. The van der Waals surface area contributed by atoms with Crippen LogP contribution >= 0.6 is 11.3 Å². The van der Waals surface area contributed by atoms with E-state index in [-0.39, 0.29) is 5.54 Å². The predicted octanol–water partition coefficient (Wildman–Crippen LogP) is 3.31. The van der Waals surface area contributed by atoms with E-state index >= 15 is 0 Å². The summed E-state index contributed by atoms with van der Waals surface area (Å²) in [6, 6.07) is 4.38. The molecule has 2 N–H and O–H groups in total. The molecule has 23 heavy (non-hydrogen) atoms. The van der Waals surface area contributed by atoms with E-state index in [9.17, 15) is 0 Å². The molecule has 0 amide bonds. The molecular weight excluding hydrogens is 304 g/mol. The maximum Gasteiger partial charge on any atom is 0.191 e. The van der Waals surface area contributed by atoms with Crippen molar-refractivity contribution in [1.82, 2.24) is 15.5 Å². The molecule has 0 saturated carbocycles. The van der Waals surface area contributed by atoms with Crippen LogP contribution in [0.3, 0.4) is 0 Å². The number of thiophene rings is 1. The van der Waals surface area contributed by atoms with Crippen molar-refractivity contribution in [3.05, 3.63) is 22.4 Å². The van der Waals surface area contributed by atoms with E-state index in [1.54, 1.807) is 0 Å². The third kappa shape index (κ3) is 6.92. The Kier molecular flexibility index (Phi) is 6.90. The van der Waals surface area contributed by atoms with E-state index in [2.05, 4.69) is 60.7 Å². The maximum atomic E-state index is 4.80. The van der Waals surface area contributed by atoms with Gasteiger partial charge in [0.25, 0.3) is 0 Å². The van der Waals surface area contributed by atoms with E-state index < -0.39 is 0 Å². The topological polar surface area (TPSA) is 39.7 Å². The van der Waals surface area contributed by atoms with Crippen molar-refractivity contribution in [2.75, 3.05) is 26.2 Å². The van der Waals surface area contributed by atoms with Gasteiger partial charge in [-0.05, 0) is 71.0 Å². The number of aliphatic imine (C=N–C) groups is 1. The third-order valence-electron chi connectivity index (χ3n) is 4.01. The van der Waals surface area contributed by atoms with Crippen LogP contribution in [0.2, 0.25) is 0 Å². The number of hydrogen-bond acceptors (Lipinski definition) is 3. The van der Waals surface area contributed by atoms with Gasteiger partial charge in [-0.25, -0.2) is 0 Å². The van der Waals surface area contributed by atoms with Crippen LogP contribution in [-0.4, -0.2) is 42.6 Å². The van der Waals surface area contributed by atoms with Gasteiger partial charge in [-0.3, -0.25) is 9.89 Å². The molecule has 5 heteroatoms. The first-order valence-corrected chi connectivity index (χ1v) is 9.65. The second-order valence-corrected chi connectivity index (χ2v) is 8.43. The van der Waals surface area contributed by atoms with Gasteiger partial charge in [-0.15, -0.1) is 11.3 Å². The minimum absolute atomic E-state index is 0.0467. The number of guanidine groups is 1. The molecule has 0 bridgehead atoms. The zero-order valence-electron chi connectivity index (χ0n) is 15.1. The average Bonchev–Trinajstić information content (AvgIpc) is 2.98. The van der Waals surface area contributed by atoms with Crippen LogP contribution in [0.5, 0.6) is 0 Å². The van der Waals surface area contributed by atoms with E-state index in [1.807, 2.05) is 11.3 Å². The van der Waals surface area contributed by atoms with Crippen LogP contribution in [0.4, 0.5) is 0 Å². The maximum absolute atomic E-state index is 4.80. The Morgan fingerprint density at radius 1 is 1.35 bits per heavy atom. The molecule has 2 rings (SSSR count). The van der Waals surface area contributed by atoms with Gasteiger partial charge < -0.3 is 10.6 Å². The van der Waals surface area contributed by atoms with Crippen molar-refractivity contribution in [1.29, 1.82) is 0 Å². The number of rotatable bonds is 5. The molecule has 0 spiro atoms. The Labute approximate surface area is 145 Å². The fourth-order valence-electron chi connectivity index (χ4n) is 2.83. The van der Waals surface area contributed by atoms with Gasteiger partial charge in [0.15, 0.2) is 5.96 Å². The van der Waals surface area contributed by atoms with Gasteiger partial charge >= 0.3 is 0 Å². The van der Waals surface area contributed by atoms with Crippen LogP contribution in [0, 0.1) is 5.92 Å². The number of nitrogens with one attached hydrogen (secondary N) is 2. The van der Waals surface area contributed by atoms with Crippen molar-refractivity contribution in [2.45, 2.75) is 52.6 Å². The minimum Gasteiger partial charge on any atom is -0.357 e. The first kappa shape index (κ1) is 18.3. The van der Waals surface area contributed by atoms with Crippen molar-refractivity contribution >= 4 is 17.3 Å². The normalized spacial score (nSPS) is 18.2. The Balaban J connectivity index is 1.76. The van der Waals surface area contributed by atoms with Gasteiger partial charge in [-0.2, -0.15) is 0 Å². The number of nitrogens with zero attached hydrogens (tertiary/aromatic N) is 2. The van der Waals surface area contributed by atoms with E-state index in [1.165, 1.54) is 30.8 Å². The molecule has 1 saturated heterocycles. The fraction of sp³-hybridized carbons (Fsp3) is 0.722. The molecule has 4 nitrogen and oxygen atoms in total. The van der Waals surface area contributed by atoms with Gasteiger partial charge in [-0.1, -0.05) is 6.07 Å². The second kappa shape index (κ2) is 8.69. The molecular formula is C18H32N4S. The van der Waals surface area contributed by atoms with Crippen molar-refractivity contribution < 1.29 is 0 Å². The van der Waals surface area contributed by atoms with Gasteiger partial charge in [0.2, 0.25) is 0 Å². The number of piperidine rings is 1. The molecule has 130 valence electrons. The van der Waals surface area contributed by atoms with Crippen LogP contribution in [0.25, 0.3) is 0 Å². The lowest BCUT2D eigenvalue weighted by Crippen LogP contribution is -2.47. The van der Waals surface area contributed by atoms with Crippen molar-refractivity contribution in [2.24, 2.45) is 10.9 Å². The summed E-state index contributed by atoms with van der Waals surface area (Å²) < 4.78 is 0. The molecule has 0 radical (unpaired) electrons. The highest BCUT2D eigenvalue weighted by atomic mass is 32.1. The van der Waals surface area contributed by atoms with Gasteiger partial charge in [0.05, 0.1) is 0 Å². The lowest BCUT2D eigenvalue weighted by molar-refractivity contribution is 0.182. The van der Waals surface area contributed by atoms with E-state index in [4.69, 9.17) is 4.99 Å². The molecule has 0 aliphatic carbocycles. The number of likely N-dealkylation sites (tertiary alicyclic amines) is 1. The first-order chi connectivity index (χ1) is 11.0. The predicted molar refractivity (Wildman–Crippen MR) is 101 cm³/mol. The quantitative estimate of drug-likeness (QED) is 0.640. The van der Waals surface area contributed by atoms with Crippen molar-refractivity contribution in [3.63, 3.8) is 0 Å². The molecule has 1 fully saturated rings. The van der Waals surface area contributed by atoms with E-state index in [0.717, 1.165) is 25.6 Å². The highest BCUT2D eigenvalue weighted by molar-refractivity contribution is 7.09. The Morgan fingerprint density at radius 2 is 2.09 bits per heavy atom. The summed E-state index contributed by atoms with van der Waals surface area (Å²) >= 11 is 1.86. The number of hydrogen-bond donors (Lipinski definition) is 2. The summed E-state index contributed by atoms with van der Waals surface area (Å²) in [7, 11) is 0. The van der Waals surface area contributed by atoms with Crippen LogP contribution in [0.15, 0.2) is 22.5 Å². The summed E-state index contributed by atoms with van der Waals surface area (Å²) in [5, 5.41) is 8.98. The van der Waals surface area contributed by atoms with Crippen LogP contribution in [-0.2, 0) is 6.54 Å². The Hall–Kier alpha value is -1.07. The standard InChI is InChI=1S/C18H32N4S/c1-5-19-17(21-18(2,3)4)20-13-15-8-10-22(11-9-15)14-16-7-6-12-23-16/h6-7,12,15H,5,8-11,13-14H2,1-4H3,(H2,19,20,21). The van der Waals surface area contributed by atoms with Gasteiger partial charge in [0, 0.05) is 30.1 Å². The zero-order chi connectivity index (χ0) is 16.7. The fourth-order valence-corrected chi connectivity index (χ4v) is 3.58. The summed E-state index contributed by atoms with van der Waals surface area (Å²) in [4.78, 5) is 8.85. The molecule has 1 aromatic rings. The largest absolute Gasteiger partial charge is 0.357 e. The SMILES string of the molecule is CCNC(=NCC1CCN(Cc2cccs2)CC1)NC(C)(C)C. The monoisotopic (exact) mass is 336 g/mol. The molecule has 1 aliphatic rings. The third-order valence-corrected chi connectivity index (χ3v) is 4.87. The average molecular weight is 337 g/mol. The molecule has 0 atom stereocenters. The van der Waals surface area contributed by atoms with Crippen LogP contribution in [0.1, 0.15) is 45.4 Å². The molecule has 1 aromatic heterocycles. The Bertz CT molecular complexity index is 468. The molecule has 2 heterocycles.